The van der Waals surface area contributed by atoms with E-state index >= 15 is 0 Å². The first-order valence-electron chi connectivity index (χ1n) is 9.41. The van der Waals surface area contributed by atoms with Gasteiger partial charge in [-0.05, 0) is 25.0 Å². The van der Waals surface area contributed by atoms with Crippen LogP contribution in [0.5, 0.6) is 0 Å². The molecule has 2 aromatic rings. The van der Waals surface area contributed by atoms with Crippen molar-refractivity contribution in [2.45, 2.75) is 12.8 Å². The summed E-state index contributed by atoms with van der Waals surface area (Å²) in [4.78, 5) is 40.9. The molecule has 0 N–H and O–H groups in total. The van der Waals surface area contributed by atoms with Gasteiger partial charge in [0.25, 0.3) is 5.91 Å². The smallest absolute Gasteiger partial charge is 0.253 e. The van der Waals surface area contributed by atoms with Crippen LogP contribution in [0.1, 0.15) is 39.1 Å². The van der Waals surface area contributed by atoms with Gasteiger partial charge in [0.15, 0.2) is 5.78 Å². The number of ketones is 1. The van der Waals surface area contributed by atoms with E-state index in [-0.39, 0.29) is 23.5 Å². The second-order valence-corrected chi connectivity index (χ2v) is 7.16. The maximum Gasteiger partial charge on any atom is 0.253 e. The van der Waals surface area contributed by atoms with E-state index in [1.54, 1.807) is 41.3 Å². The standard InChI is InChI=1S/C22H22N2O3/c25-20(16-4-2-1-3-5-16)17-6-8-18(9-7-17)21(26)23-12-14-24(15-13-23)22(27)19-10-11-19/h1-9,19H,10-15H2. The van der Waals surface area contributed by atoms with Crippen LogP contribution in [0.2, 0.25) is 0 Å². The monoisotopic (exact) mass is 362 g/mol. The second kappa shape index (κ2) is 7.35. The number of nitrogens with zero attached hydrogens (tertiary/aromatic N) is 2. The lowest BCUT2D eigenvalue weighted by Gasteiger charge is -2.35. The highest BCUT2D eigenvalue weighted by molar-refractivity contribution is 6.09. The number of amides is 2. The highest BCUT2D eigenvalue weighted by atomic mass is 16.2. The molecule has 1 heterocycles. The van der Waals surface area contributed by atoms with Crippen molar-refractivity contribution in [3.63, 3.8) is 0 Å². The van der Waals surface area contributed by atoms with E-state index < -0.39 is 0 Å². The SMILES string of the molecule is O=C(c1ccccc1)c1ccc(C(=O)N2CCN(C(=O)C3CC3)CC2)cc1. The average Bonchev–Trinajstić information content (AvgIpc) is 3.58. The minimum absolute atomic E-state index is 0.0489. The van der Waals surface area contributed by atoms with E-state index in [1.165, 1.54) is 0 Å². The molecule has 1 saturated carbocycles. The number of piperazine rings is 1. The quantitative estimate of drug-likeness (QED) is 0.786. The zero-order valence-corrected chi connectivity index (χ0v) is 15.1. The summed E-state index contributed by atoms with van der Waals surface area (Å²) >= 11 is 0. The molecule has 1 aliphatic heterocycles. The van der Waals surface area contributed by atoms with Crippen LogP contribution in [-0.4, -0.2) is 53.6 Å². The van der Waals surface area contributed by atoms with Crippen molar-refractivity contribution < 1.29 is 14.4 Å². The molecule has 2 fully saturated rings. The molecule has 0 atom stereocenters. The Balaban J connectivity index is 1.38. The summed E-state index contributed by atoms with van der Waals surface area (Å²) < 4.78 is 0. The van der Waals surface area contributed by atoms with Crippen LogP contribution in [-0.2, 0) is 4.79 Å². The van der Waals surface area contributed by atoms with Crippen LogP contribution < -0.4 is 0 Å². The van der Waals surface area contributed by atoms with Crippen LogP contribution >= 0.6 is 0 Å². The molecule has 5 nitrogen and oxygen atoms in total. The van der Waals surface area contributed by atoms with Crippen molar-refractivity contribution in [3.05, 3.63) is 71.3 Å². The fourth-order valence-corrected chi connectivity index (χ4v) is 3.42. The van der Waals surface area contributed by atoms with Crippen molar-refractivity contribution in [2.75, 3.05) is 26.2 Å². The molecule has 0 bridgehead atoms. The fourth-order valence-electron chi connectivity index (χ4n) is 3.42. The van der Waals surface area contributed by atoms with Crippen LogP contribution in [0.15, 0.2) is 54.6 Å². The third kappa shape index (κ3) is 3.77. The number of hydrogen-bond donors (Lipinski definition) is 0. The molecule has 138 valence electrons. The Labute approximate surface area is 158 Å². The Bertz CT molecular complexity index is 849. The lowest BCUT2D eigenvalue weighted by atomic mass is 10.0. The molecular formula is C22H22N2O3. The van der Waals surface area contributed by atoms with Gasteiger partial charge in [-0.15, -0.1) is 0 Å². The molecule has 5 heteroatoms. The van der Waals surface area contributed by atoms with Gasteiger partial charge in [0.1, 0.15) is 0 Å². The maximum atomic E-state index is 12.7. The first-order chi connectivity index (χ1) is 13.1. The number of hydrogen-bond acceptors (Lipinski definition) is 3. The fraction of sp³-hybridized carbons (Fsp3) is 0.318. The van der Waals surface area contributed by atoms with Crippen LogP contribution in [0.4, 0.5) is 0 Å². The summed E-state index contributed by atoms with van der Waals surface area (Å²) in [5.41, 5.74) is 1.77. The van der Waals surface area contributed by atoms with Gasteiger partial charge in [-0.25, -0.2) is 0 Å². The van der Waals surface area contributed by atoms with Gasteiger partial charge in [-0.2, -0.15) is 0 Å². The van der Waals surface area contributed by atoms with E-state index in [2.05, 4.69) is 0 Å². The first-order valence-corrected chi connectivity index (χ1v) is 9.41. The van der Waals surface area contributed by atoms with Gasteiger partial charge in [-0.1, -0.05) is 42.5 Å². The second-order valence-electron chi connectivity index (χ2n) is 7.16. The number of carbonyl (C=O) groups is 3. The van der Waals surface area contributed by atoms with E-state index in [1.807, 2.05) is 23.1 Å². The predicted octanol–water partition coefficient (Wildman–Crippen LogP) is 2.61. The minimum Gasteiger partial charge on any atom is -0.339 e. The third-order valence-corrected chi connectivity index (χ3v) is 5.24. The molecule has 0 radical (unpaired) electrons. The summed E-state index contributed by atoms with van der Waals surface area (Å²) in [6, 6.07) is 15.9. The molecule has 0 spiro atoms. The van der Waals surface area contributed by atoms with E-state index in [9.17, 15) is 14.4 Å². The van der Waals surface area contributed by atoms with Crippen molar-refractivity contribution >= 4 is 17.6 Å². The van der Waals surface area contributed by atoms with Gasteiger partial charge in [-0.3, -0.25) is 14.4 Å². The Hall–Kier alpha value is -2.95. The van der Waals surface area contributed by atoms with E-state index in [4.69, 9.17) is 0 Å². The maximum absolute atomic E-state index is 12.7. The lowest BCUT2D eigenvalue weighted by molar-refractivity contribution is -0.134. The molecule has 27 heavy (non-hydrogen) atoms. The molecule has 2 amide bonds. The Kier molecular flexibility index (Phi) is 4.75. The van der Waals surface area contributed by atoms with Gasteiger partial charge in [0.2, 0.25) is 5.91 Å². The van der Waals surface area contributed by atoms with Gasteiger partial charge < -0.3 is 9.80 Å². The van der Waals surface area contributed by atoms with Crippen LogP contribution in [0, 0.1) is 5.92 Å². The molecule has 0 aromatic heterocycles. The molecule has 0 unspecified atom stereocenters. The van der Waals surface area contributed by atoms with E-state index in [0.717, 1.165) is 12.8 Å². The first kappa shape index (κ1) is 17.5. The molecule has 1 saturated heterocycles. The topological polar surface area (TPSA) is 57.7 Å². The van der Waals surface area contributed by atoms with Gasteiger partial charge >= 0.3 is 0 Å². The zero-order valence-electron chi connectivity index (χ0n) is 15.1. The highest BCUT2D eigenvalue weighted by Crippen LogP contribution is 2.31. The van der Waals surface area contributed by atoms with Gasteiger partial charge in [0, 0.05) is 48.8 Å². The molecule has 2 aromatic carbocycles. The Morgan fingerprint density at radius 3 is 1.78 bits per heavy atom. The Morgan fingerprint density at radius 1 is 0.667 bits per heavy atom. The number of benzene rings is 2. The summed E-state index contributed by atoms with van der Waals surface area (Å²) in [7, 11) is 0. The van der Waals surface area contributed by atoms with E-state index in [0.29, 0.717) is 42.9 Å². The Morgan fingerprint density at radius 2 is 1.19 bits per heavy atom. The lowest BCUT2D eigenvalue weighted by Crippen LogP contribution is -2.51. The zero-order chi connectivity index (χ0) is 18.8. The van der Waals surface area contributed by atoms with Crippen molar-refractivity contribution in [2.24, 2.45) is 5.92 Å². The summed E-state index contributed by atoms with van der Waals surface area (Å²) in [5.74, 6) is 0.363. The average molecular weight is 362 g/mol. The molecule has 1 aliphatic carbocycles. The number of rotatable bonds is 4. The van der Waals surface area contributed by atoms with Crippen LogP contribution in [0.3, 0.4) is 0 Å². The summed E-state index contributed by atoms with van der Waals surface area (Å²) in [6.45, 7) is 2.32. The summed E-state index contributed by atoms with van der Waals surface area (Å²) in [6.07, 6.45) is 2.01. The molecule has 4 rings (SSSR count). The highest BCUT2D eigenvalue weighted by Gasteiger charge is 2.35. The van der Waals surface area contributed by atoms with Crippen molar-refractivity contribution in [1.29, 1.82) is 0 Å². The van der Waals surface area contributed by atoms with Crippen molar-refractivity contribution in [1.82, 2.24) is 9.80 Å². The molecular weight excluding hydrogens is 340 g/mol. The van der Waals surface area contributed by atoms with Crippen LogP contribution in [0.25, 0.3) is 0 Å². The summed E-state index contributed by atoms with van der Waals surface area (Å²) in [5, 5.41) is 0. The minimum atomic E-state index is -0.0539. The number of carbonyl (C=O) groups excluding carboxylic acids is 3. The van der Waals surface area contributed by atoms with Gasteiger partial charge in [0.05, 0.1) is 0 Å². The largest absolute Gasteiger partial charge is 0.339 e. The normalized spacial score (nSPS) is 16.9. The molecule has 2 aliphatic rings. The predicted molar refractivity (Wildman–Crippen MR) is 102 cm³/mol. The third-order valence-electron chi connectivity index (χ3n) is 5.24. The van der Waals surface area contributed by atoms with Crippen molar-refractivity contribution in [3.8, 4) is 0 Å².